The molecule has 2 aliphatic rings. The average Bonchev–Trinajstić information content (AvgIpc) is 2.37. The number of ether oxygens (including phenoxy) is 1. The molecule has 2 heterocycles. The first kappa shape index (κ1) is 17.0. The van der Waals surface area contributed by atoms with Crippen molar-refractivity contribution < 1.29 is 23.4 Å². The number of aliphatic hydroxyl groups excluding tert-OH is 1. The molecule has 0 bridgehead atoms. The van der Waals surface area contributed by atoms with Crippen molar-refractivity contribution in [3.05, 3.63) is 11.8 Å². The van der Waals surface area contributed by atoms with Crippen LogP contribution >= 0.6 is 0 Å². The lowest BCUT2D eigenvalue weighted by molar-refractivity contribution is -0.0450. The van der Waals surface area contributed by atoms with Crippen LogP contribution in [0.3, 0.4) is 0 Å². The van der Waals surface area contributed by atoms with E-state index in [9.17, 15) is 18.7 Å². The number of carbonyl (C=O) groups excluding carboxylic acids is 1. The van der Waals surface area contributed by atoms with Crippen molar-refractivity contribution in [1.29, 1.82) is 0 Å². The number of rotatable bonds is 1. The van der Waals surface area contributed by atoms with Crippen LogP contribution in [-0.4, -0.2) is 64.8 Å². The number of aliphatic hydroxyl groups is 1. The first-order valence-electron chi connectivity index (χ1n) is 7.58. The number of likely N-dealkylation sites (tertiary alicyclic amines) is 1. The standard InChI is InChI=1S/C15H24F2N2O3/c1-14(2,3)22-13(21)19-9-6-12(15(16,17)10-19)18-7-4-11(20)5-8-18/h6,11,20H,4-5,7-10H2,1-3H3. The van der Waals surface area contributed by atoms with Crippen LogP contribution in [-0.2, 0) is 4.74 Å². The van der Waals surface area contributed by atoms with Crippen molar-refractivity contribution in [2.45, 2.75) is 51.2 Å². The number of carbonyl (C=O) groups is 1. The average molecular weight is 318 g/mol. The van der Waals surface area contributed by atoms with Gasteiger partial charge in [-0.2, -0.15) is 8.78 Å². The molecule has 0 aromatic rings. The van der Waals surface area contributed by atoms with Gasteiger partial charge in [0.15, 0.2) is 0 Å². The summed E-state index contributed by atoms with van der Waals surface area (Å²) >= 11 is 0. The quantitative estimate of drug-likeness (QED) is 0.805. The minimum Gasteiger partial charge on any atom is -0.444 e. The fourth-order valence-electron chi connectivity index (χ4n) is 2.66. The third-order valence-electron chi connectivity index (χ3n) is 3.73. The SMILES string of the molecule is CC(C)(C)OC(=O)N1CC=C(N2CCC(O)CC2)C(F)(F)C1. The van der Waals surface area contributed by atoms with E-state index in [1.165, 1.54) is 6.08 Å². The molecule has 1 amide bonds. The second kappa shape index (κ2) is 6.02. The highest BCUT2D eigenvalue weighted by Crippen LogP contribution is 2.33. The van der Waals surface area contributed by atoms with Gasteiger partial charge in [-0.05, 0) is 39.7 Å². The highest BCUT2D eigenvalue weighted by molar-refractivity contribution is 5.69. The van der Waals surface area contributed by atoms with Gasteiger partial charge in [0.1, 0.15) is 5.60 Å². The molecule has 2 aliphatic heterocycles. The summed E-state index contributed by atoms with van der Waals surface area (Å²) < 4.78 is 33.9. The van der Waals surface area contributed by atoms with E-state index >= 15 is 0 Å². The Hall–Kier alpha value is -1.37. The van der Waals surface area contributed by atoms with E-state index in [-0.39, 0.29) is 12.2 Å². The van der Waals surface area contributed by atoms with Gasteiger partial charge in [0, 0.05) is 19.6 Å². The molecule has 0 aliphatic carbocycles. The van der Waals surface area contributed by atoms with E-state index < -0.39 is 30.3 Å². The molecule has 2 rings (SSSR count). The van der Waals surface area contributed by atoms with Crippen molar-refractivity contribution in [3.8, 4) is 0 Å². The summed E-state index contributed by atoms with van der Waals surface area (Å²) in [6, 6.07) is 0. The topological polar surface area (TPSA) is 53.0 Å². The van der Waals surface area contributed by atoms with Gasteiger partial charge in [-0.25, -0.2) is 4.79 Å². The number of amides is 1. The molecule has 0 atom stereocenters. The Morgan fingerprint density at radius 1 is 1.36 bits per heavy atom. The number of halogens is 2. The Balaban J connectivity index is 2.05. The van der Waals surface area contributed by atoms with Crippen LogP contribution in [0.15, 0.2) is 11.8 Å². The highest BCUT2D eigenvalue weighted by Gasteiger charge is 2.44. The van der Waals surface area contributed by atoms with E-state index in [1.54, 1.807) is 25.7 Å². The summed E-state index contributed by atoms with van der Waals surface area (Å²) in [5.74, 6) is -3.10. The van der Waals surface area contributed by atoms with Crippen molar-refractivity contribution >= 4 is 6.09 Å². The zero-order valence-corrected chi connectivity index (χ0v) is 13.3. The Kier molecular flexibility index (Phi) is 4.65. The van der Waals surface area contributed by atoms with Crippen molar-refractivity contribution in [1.82, 2.24) is 9.80 Å². The van der Waals surface area contributed by atoms with E-state index in [2.05, 4.69) is 0 Å². The summed E-state index contributed by atoms with van der Waals surface area (Å²) in [7, 11) is 0. The number of nitrogens with zero attached hydrogens (tertiary/aromatic N) is 2. The van der Waals surface area contributed by atoms with E-state index in [0.717, 1.165) is 4.90 Å². The Morgan fingerprint density at radius 3 is 2.45 bits per heavy atom. The van der Waals surface area contributed by atoms with Gasteiger partial charge in [0.25, 0.3) is 0 Å². The fourth-order valence-corrected chi connectivity index (χ4v) is 2.66. The lowest BCUT2D eigenvalue weighted by Gasteiger charge is -2.40. The van der Waals surface area contributed by atoms with Gasteiger partial charge in [0.05, 0.1) is 18.3 Å². The molecule has 1 fully saturated rings. The van der Waals surface area contributed by atoms with Gasteiger partial charge >= 0.3 is 12.0 Å². The highest BCUT2D eigenvalue weighted by atomic mass is 19.3. The molecular weight excluding hydrogens is 294 g/mol. The minimum absolute atomic E-state index is 0.0424. The third-order valence-corrected chi connectivity index (χ3v) is 3.73. The maximum Gasteiger partial charge on any atom is 0.410 e. The zero-order valence-electron chi connectivity index (χ0n) is 13.3. The second-order valence-corrected chi connectivity index (χ2v) is 6.87. The lowest BCUT2D eigenvalue weighted by Crippen LogP contribution is -2.51. The molecule has 0 aromatic carbocycles. The first-order valence-corrected chi connectivity index (χ1v) is 7.58. The maximum absolute atomic E-state index is 14.4. The largest absolute Gasteiger partial charge is 0.444 e. The van der Waals surface area contributed by atoms with Crippen LogP contribution in [0, 0.1) is 0 Å². The van der Waals surface area contributed by atoms with Crippen LogP contribution in [0.25, 0.3) is 0 Å². The second-order valence-electron chi connectivity index (χ2n) is 6.87. The molecule has 22 heavy (non-hydrogen) atoms. The van der Waals surface area contributed by atoms with Gasteiger partial charge in [-0.3, -0.25) is 4.90 Å². The molecule has 126 valence electrons. The van der Waals surface area contributed by atoms with E-state index in [4.69, 9.17) is 4.74 Å². The van der Waals surface area contributed by atoms with Gasteiger partial charge in [-0.15, -0.1) is 0 Å². The number of hydrogen-bond donors (Lipinski definition) is 1. The number of hydrogen-bond acceptors (Lipinski definition) is 4. The Bertz CT molecular complexity index is 452. The van der Waals surface area contributed by atoms with Crippen molar-refractivity contribution in [3.63, 3.8) is 0 Å². The van der Waals surface area contributed by atoms with Gasteiger partial charge in [0.2, 0.25) is 0 Å². The summed E-state index contributed by atoms with van der Waals surface area (Å²) in [6.07, 6.45) is 1.24. The normalized spacial score (nSPS) is 23.3. The fraction of sp³-hybridized carbons (Fsp3) is 0.800. The summed E-state index contributed by atoms with van der Waals surface area (Å²) in [5, 5.41) is 9.48. The third kappa shape index (κ3) is 4.09. The van der Waals surface area contributed by atoms with Crippen LogP contribution in [0.5, 0.6) is 0 Å². The van der Waals surface area contributed by atoms with Crippen molar-refractivity contribution in [2.24, 2.45) is 0 Å². The summed E-state index contributed by atoms with van der Waals surface area (Å²) in [4.78, 5) is 14.6. The molecule has 1 saturated heterocycles. The maximum atomic E-state index is 14.4. The predicted molar refractivity (Wildman–Crippen MR) is 77.7 cm³/mol. The minimum atomic E-state index is -3.10. The number of piperidine rings is 1. The Morgan fingerprint density at radius 2 is 1.95 bits per heavy atom. The lowest BCUT2D eigenvalue weighted by atomic mass is 10.0. The zero-order chi connectivity index (χ0) is 16.5. The number of alkyl halides is 2. The van der Waals surface area contributed by atoms with E-state index in [0.29, 0.717) is 25.9 Å². The van der Waals surface area contributed by atoms with Gasteiger partial charge in [-0.1, -0.05) is 0 Å². The van der Waals surface area contributed by atoms with E-state index in [1.807, 2.05) is 0 Å². The summed E-state index contributed by atoms with van der Waals surface area (Å²) in [6.45, 7) is 5.36. The smallest absolute Gasteiger partial charge is 0.410 e. The predicted octanol–water partition coefficient (Wildman–Crippen LogP) is 2.21. The summed E-state index contributed by atoms with van der Waals surface area (Å²) in [5.41, 5.74) is -0.751. The van der Waals surface area contributed by atoms with Crippen LogP contribution < -0.4 is 0 Å². The van der Waals surface area contributed by atoms with Crippen LogP contribution in [0.1, 0.15) is 33.6 Å². The van der Waals surface area contributed by atoms with Crippen molar-refractivity contribution in [2.75, 3.05) is 26.2 Å². The van der Waals surface area contributed by atoms with Gasteiger partial charge < -0.3 is 14.7 Å². The molecule has 1 N–H and O–H groups in total. The van der Waals surface area contributed by atoms with Crippen LogP contribution in [0.4, 0.5) is 13.6 Å². The van der Waals surface area contributed by atoms with Crippen LogP contribution in [0.2, 0.25) is 0 Å². The first-order chi connectivity index (χ1) is 10.1. The molecule has 0 saturated carbocycles. The molecule has 0 spiro atoms. The molecule has 0 aromatic heterocycles. The molecule has 5 nitrogen and oxygen atoms in total. The Labute approximate surface area is 129 Å². The molecular formula is C15H24F2N2O3. The monoisotopic (exact) mass is 318 g/mol. The molecule has 0 radical (unpaired) electrons. The molecule has 7 heteroatoms. The molecule has 0 unspecified atom stereocenters.